The Morgan fingerprint density at radius 1 is 1.43 bits per heavy atom. The van der Waals surface area contributed by atoms with Crippen LogP contribution in [0.1, 0.15) is 42.1 Å². The quantitative estimate of drug-likeness (QED) is 0.686. The van der Waals surface area contributed by atoms with Gasteiger partial charge in [0, 0.05) is 12.0 Å². The zero-order chi connectivity index (χ0) is 10.6. The molecule has 2 heteroatoms. The number of carbonyl (C=O) groups excluding carboxylic acids is 1. The van der Waals surface area contributed by atoms with Crippen LogP contribution in [0.2, 0.25) is 5.02 Å². The van der Waals surface area contributed by atoms with Crippen molar-refractivity contribution in [2.45, 2.75) is 33.1 Å². The van der Waals surface area contributed by atoms with Gasteiger partial charge >= 0.3 is 0 Å². The Bertz CT molecular complexity index is 331. The van der Waals surface area contributed by atoms with Gasteiger partial charge in [0.1, 0.15) is 0 Å². The molecule has 0 aliphatic rings. The summed E-state index contributed by atoms with van der Waals surface area (Å²) in [5, 5.41) is 0.605. The number of ketones is 1. The SMILES string of the molecule is CCCCC(=O)c1cccc(C)c1Cl. The molecule has 14 heavy (non-hydrogen) atoms. The van der Waals surface area contributed by atoms with Crippen molar-refractivity contribution in [3.8, 4) is 0 Å². The van der Waals surface area contributed by atoms with Crippen LogP contribution in [0.4, 0.5) is 0 Å². The van der Waals surface area contributed by atoms with Crippen LogP contribution in [-0.2, 0) is 0 Å². The normalized spacial score (nSPS) is 10.2. The van der Waals surface area contributed by atoms with Crippen LogP contribution in [0.15, 0.2) is 18.2 Å². The van der Waals surface area contributed by atoms with Gasteiger partial charge in [-0.05, 0) is 25.0 Å². The first-order valence-corrected chi connectivity index (χ1v) is 5.33. The van der Waals surface area contributed by atoms with Gasteiger partial charge in [0.2, 0.25) is 0 Å². The number of hydrogen-bond acceptors (Lipinski definition) is 1. The van der Waals surface area contributed by atoms with Gasteiger partial charge in [-0.25, -0.2) is 0 Å². The zero-order valence-electron chi connectivity index (χ0n) is 8.64. The highest BCUT2D eigenvalue weighted by Gasteiger charge is 2.10. The predicted molar refractivity (Wildman–Crippen MR) is 60.0 cm³/mol. The molecule has 0 aromatic heterocycles. The van der Waals surface area contributed by atoms with Gasteiger partial charge in [-0.2, -0.15) is 0 Å². The molecule has 1 nitrogen and oxygen atoms in total. The molecule has 0 spiro atoms. The summed E-state index contributed by atoms with van der Waals surface area (Å²) in [5.74, 6) is 0.153. The van der Waals surface area contributed by atoms with E-state index in [0.717, 1.165) is 18.4 Å². The number of unbranched alkanes of at least 4 members (excludes halogenated alkanes) is 1. The molecule has 1 aromatic carbocycles. The average Bonchev–Trinajstić information content (AvgIpc) is 2.18. The summed E-state index contributed by atoms with van der Waals surface area (Å²) < 4.78 is 0. The van der Waals surface area contributed by atoms with Crippen molar-refractivity contribution in [2.75, 3.05) is 0 Å². The summed E-state index contributed by atoms with van der Waals surface area (Å²) in [6.07, 6.45) is 2.57. The van der Waals surface area contributed by atoms with Crippen LogP contribution < -0.4 is 0 Å². The fourth-order valence-electron chi connectivity index (χ4n) is 1.33. The lowest BCUT2D eigenvalue weighted by molar-refractivity contribution is 0.0980. The topological polar surface area (TPSA) is 17.1 Å². The molecule has 0 amide bonds. The predicted octanol–water partition coefficient (Wildman–Crippen LogP) is 4.02. The largest absolute Gasteiger partial charge is 0.294 e. The lowest BCUT2D eigenvalue weighted by atomic mass is 10.0. The summed E-state index contributed by atoms with van der Waals surface area (Å²) >= 11 is 6.05. The molecule has 76 valence electrons. The number of halogens is 1. The Morgan fingerprint density at radius 2 is 2.14 bits per heavy atom. The van der Waals surface area contributed by atoms with E-state index < -0.39 is 0 Å². The molecule has 0 aliphatic heterocycles. The Kier molecular flexibility index (Phi) is 4.15. The first kappa shape index (κ1) is 11.3. The lowest BCUT2D eigenvalue weighted by Gasteiger charge is -2.04. The van der Waals surface area contributed by atoms with Crippen molar-refractivity contribution in [1.82, 2.24) is 0 Å². The minimum atomic E-state index is 0.153. The number of carbonyl (C=O) groups is 1. The summed E-state index contributed by atoms with van der Waals surface area (Å²) in [6.45, 7) is 3.99. The van der Waals surface area contributed by atoms with Gasteiger partial charge in [-0.3, -0.25) is 4.79 Å². The van der Waals surface area contributed by atoms with Crippen LogP contribution in [0, 0.1) is 6.92 Å². The molecule has 0 saturated heterocycles. The molecule has 0 unspecified atom stereocenters. The Labute approximate surface area is 90.1 Å². The molecule has 0 atom stereocenters. The van der Waals surface area contributed by atoms with E-state index in [1.807, 2.05) is 19.1 Å². The first-order valence-electron chi connectivity index (χ1n) is 4.95. The van der Waals surface area contributed by atoms with E-state index >= 15 is 0 Å². The second-order valence-electron chi connectivity index (χ2n) is 3.46. The van der Waals surface area contributed by atoms with Gasteiger partial charge in [0.25, 0.3) is 0 Å². The van der Waals surface area contributed by atoms with Crippen molar-refractivity contribution in [1.29, 1.82) is 0 Å². The molecule has 0 saturated carbocycles. The highest BCUT2D eigenvalue weighted by molar-refractivity contribution is 6.34. The summed E-state index contributed by atoms with van der Waals surface area (Å²) in [7, 11) is 0. The van der Waals surface area contributed by atoms with E-state index in [4.69, 9.17) is 11.6 Å². The molecule has 0 aliphatic carbocycles. The van der Waals surface area contributed by atoms with E-state index in [-0.39, 0.29) is 5.78 Å². The number of benzene rings is 1. The standard InChI is InChI=1S/C12H15ClO/c1-3-4-8-11(14)10-7-5-6-9(2)12(10)13/h5-7H,3-4,8H2,1-2H3. The fraction of sp³-hybridized carbons (Fsp3) is 0.417. The van der Waals surface area contributed by atoms with Crippen molar-refractivity contribution in [3.63, 3.8) is 0 Å². The summed E-state index contributed by atoms with van der Waals surface area (Å²) in [4.78, 5) is 11.7. The Balaban J connectivity index is 2.84. The van der Waals surface area contributed by atoms with Crippen molar-refractivity contribution in [2.24, 2.45) is 0 Å². The van der Waals surface area contributed by atoms with Crippen molar-refractivity contribution in [3.05, 3.63) is 34.3 Å². The average molecular weight is 211 g/mol. The fourth-order valence-corrected chi connectivity index (χ4v) is 1.57. The minimum absolute atomic E-state index is 0.153. The molecular formula is C12H15ClO. The van der Waals surface area contributed by atoms with Crippen molar-refractivity contribution >= 4 is 17.4 Å². The molecule has 0 N–H and O–H groups in total. The minimum Gasteiger partial charge on any atom is -0.294 e. The van der Waals surface area contributed by atoms with Gasteiger partial charge in [-0.15, -0.1) is 0 Å². The third-order valence-electron chi connectivity index (χ3n) is 2.25. The molecule has 0 heterocycles. The number of rotatable bonds is 4. The number of hydrogen-bond donors (Lipinski definition) is 0. The van der Waals surface area contributed by atoms with Crippen LogP contribution in [-0.4, -0.2) is 5.78 Å². The van der Waals surface area contributed by atoms with Crippen molar-refractivity contribution < 1.29 is 4.79 Å². The molecule has 1 aromatic rings. The molecule has 0 bridgehead atoms. The zero-order valence-corrected chi connectivity index (χ0v) is 9.40. The lowest BCUT2D eigenvalue weighted by Crippen LogP contribution is -2.00. The van der Waals surface area contributed by atoms with Crippen LogP contribution >= 0.6 is 11.6 Å². The first-order chi connectivity index (χ1) is 6.66. The number of aryl methyl sites for hydroxylation is 1. The second-order valence-corrected chi connectivity index (χ2v) is 3.84. The monoisotopic (exact) mass is 210 g/mol. The maximum absolute atomic E-state index is 11.7. The summed E-state index contributed by atoms with van der Waals surface area (Å²) in [5.41, 5.74) is 1.63. The third-order valence-corrected chi connectivity index (χ3v) is 2.75. The maximum Gasteiger partial charge on any atom is 0.164 e. The Morgan fingerprint density at radius 3 is 2.79 bits per heavy atom. The van der Waals surface area contributed by atoms with Gasteiger partial charge in [0.05, 0.1) is 5.02 Å². The van der Waals surface area contributed by atoms with E-state index in [2.05, 4.69) is 6.92 Å². The molecular weight excluding hydrogens is 196 g/mol. The Hall–Kier alpha value is -0.820. The van der Waals surface area contributed by atoms with E-state index in [1.165, 1.54) is 0 Å². The maximum atomic E-state index is 11.7. The third kappa shape index (κ3) is 2.58. The highest BCUT2D eigenvalue weighted by atomic mass is 35.5. The van der Waals surface area contributed by atoms with Crippen LogP contribution in [0.5, 0.6) is 0 Å². The smallest absolute Gasteiger partial charge is 0.164 e. The van der Waals surface area contributed by atoms with Gasteiger partial charge in [0.15, 0.2) is 5.78 Å². The van der Waals surface area contributed by atoms with E-state index in [0.29, 0.717) is 17.0 Å². The highest BCUT2D eigenvalue weighted by Crippen LogP contribution is 2.22. The van der Waals surface area contributed by atoms with Crippen LogP contribution in [0.3, 0.4) is 0 Å². The van der Waals surface area contributed by atoms with Gasteiger partial charge < -0.3 is 0 Å². The number of Topliss-reactive ketones (excluding diaryl/α,β-unsaturated/α-hetero) is 1. The molecule has 0 fully saturated rings. The van der Waals surface area contributed by atoms with E-state index in [9.17, 15) is 4.79 Å². The van der Waals surface area contributed by atoms with Crippen LogP contribution in [0.25, 0.3) is 0 Å². The van der Waals surface area contributed by atoms with Gasteiger partial charge in [-0.1, -0.05) is 37.1 Å². The summed E-state index contributed by atoms with van der Waals surface area (Å²) in [6, 6.07) is 5.59. The van der Waals surface area contributed by atoms with E-state index in [1.54, 1.807) is 6.07 Å². The molecule has 0 radical (unpaired) electrons. The molecule has 1 rings (SSSR count). The second kappa shape index (κ2) is 5.16.